The molecule has 0 saturated heterocycles. The Bertz CT molecular complexity index is 1090. The number of aromatic hydroxyl groups is 1. The molecular weight excluding hydrogens is 392 g/mol. The van der Waals surface area contributed by atoms with Gasteiger partial charge in [-0.3, -0.25) is 14.4 Å². The van der Waals surface area contributed by atoms with Crippen LogP contribution in [0.2, 0.25) is 0 Å². The maximum Gasteiger partial charge on any atom is 0.258 e. The molecule has 0 radical (unpaired) electrons. The van der Waals surface area contributed by atoms with Crippen LogP contribution in [0, 0.1) is 5.92 Å². The van der Waals surface area contributed by atoms with Crippen molar-refractivity contribution >= 4 is 28.7 Å². The molecule has 6 heteroatoms. The third-order valence-corrected chi connectivity index (χ3v) is 5.51. The summed E-state index contributed by atoms with van der Waals surface area (Å²) in [6.07, 6.45) is 0.353. The van der Waals surface area contributed by atoms with Gasteiger partial charge in [-0.25, -0.2) is 0 Å². The number of benzene rings is 2. The molecule has 0 saturated carbocycles. The average Bonchev–Trinajstić information content (AvgIpc) is 3.15. The molecule has 1 aliphatic heterocycles. The molecule has 0 spiro atoms. The largest absolute Gasteiger partial charge is 0.507 e. The number of Topliss-reactive ketones (excluding diaryl/α,β-unsaturated/α-hetero) is 2. The summed E-state index contributed by atoms with van der Waals surface area (Å²) in [5.74, 6) is -0.444. The molecule has 0 fully saturated rings. The summed E-state index contributed by atoms with van der Waals surface area (Å²) in [6, 6.07) is 8.42. The predicted octanol–water partition coefficient (Wildman–Crippen LogP) is 4.42. The molecule has 162 valence electrons. The fourth-order valence-corrected chi connectivity index (χ4v) is 3.79. The summed E-state index contributed by atoms with van der Waals surface area (Å²) in [7, 11) is 1.68. The number of hydrogen-bond donors (Lipinski definition) is 2. The van der Waals surface area contributed by atoms with Crippen molar-refractivity contribution in [3.63, 3.8) is 0 Å². The van der Waals surface area contributed by atoms with Crippen LogP contribution < -0.4 is 5.32 Å². The molecule has 31 heavy (non-hydrogen) atoms. The molecule has 0 aliphatic carbocycles. The third kappa shape index (κ3) is 4.53. The van der Waals surface area contributed by atoms with Crippen molar-refractivity contribution in [3.05, 3.63) is 64.7 Å². The van der Waals surface area contributed by atoms with Crippen LogP contribution in [0.15, 0.2) is 36.9 Å². The molecule has 2 aromatic rings. The second-order valence-corrected chi connectivity index (χ2v) is 8.37. The number of nitrogens with zero attached hydrogens (tertiary/aromatic N) is 1. The first kappa shape index (κ1) is 22.3. The van der Waals surface area contributed by atoms with Gasteiger partial charge in [-0.1, -0.05) is 32.6 Å². The third-order valence-electron chi connectivity index (χ3n) is 5.51. The number of fused-ring (bicyclic) bond motifs is 1. The number of hydrogen-bond acceptors (Lipinski definition) is 5. The zero-order valence-corrected chi connectivity index (χ0v) is 18.4. The molecular formula is C25H28N2O4. The predicted molar refractivity (Wildman–Crippen MR) is 121 cm³/mol. The SMILES string of the molecule is C=C(C(=O)CC(C)C)c1cc(C(=O)N2Cc3ccc(C(C)=O)cc3C2)c(O)cc1NC. The van der Waals surface area contributed by atoms with Crippen LogP contribution in [0.4, 0.5) is 5.69 Å². The Morgan fingerprint density at radius 2 is 1.77 bits per heavy atom. The van der Waals surface area contributed by atoms with Crippen molar-refractivity contribution in [1.29, 1.82) is 0 Å². The van der Waals surface area contributed by atoms with Gasteiger partial charge in [0.1, 0.15) is 5.75 Å². The molecule has 6 nitrogen and oxygen atoms in total. The van der Waals surface area contributed by atoms with E-state index in [1.54, 1.807) is 18.0 Å². The van der Waals surface area contributed by atoms with Gasteiger partial charge in [0, 0.05) is 55.0 Å². The van der Waals surface area contributed by atoms with Crippen molar-refractivity contribution in [2.24, 2.45) is 5.92 Å². The number of nitrogens with one attached hydrogen (secondary N) is 1. The van der Waals surface area contributed by atoms with E-state index in [-0.39, 0.29) is 34.7 Å². The second-order valence-electron chi connectivity index (χ2n) is 8.37. The summed E-state index contributed by atoms with van der Waals surface area (Å²) in [6.45, 7) is 10.1. The van der Waals surface area contributed by atoms with Crippen LogP contribution in [0.5, 0.6) is 5.75 Å². The van der Waals surface area contributed by atoms with E-state index in [1.807, 2.05) is 26.0 Å². The summed E-state index contributed by atoms with van der Waals surface area (Å²) in [5.41, 5.74) is 3.97. The van der Waals surface area contributed by atoms with Gasteiger partial charge >= 0.3 is 0 Å². The van der Waals surface area contributed by atoms with E-state index in [4.69, 9.17) is 0 Å². The quantitative estimate of drug-likeness (QED) is 0.511. The first-order valence-corrected chi connectivity index (χ1v) is 10.3. The highest BCUT2D eigenvalue weighted by Gasteiger charge is 2.28. The van der Waals surface area contributed by atoms with E-state index in [1.165, 1.54) is 19.1 Å². The molecule has 0 atom stereocenters. The number of carbonyl (C=O) groups excluding carboxylic acids is 3. The molecule has 1 heterocycles. The Labute approximate surface area is 182 Å². The first-order valence-electron chi connectivity index (χ1n) is 10.3. The van der Waals surface area contributed by atoms with Gasteiger partial charge in [-0.15, -0.1) is 0 Å². The Morgan fingerprint density at radius 3 is 2.39 bits per heavy atom. The van der Waals surface area contributed by atoms with Crippen LogP contribution in [-0.4, -0.2) is 34.5 Å². The zero-order chi connectivity index (χ0) is 22.9. The molecule has 0 unspecified atom stereocenters. The molecule has 2 aromatic carbocycles. The Morgan fingerprint density at radius 1 is 1.10 bits per heavy atom. The van der Waals surface area contributed by atoms with Crippen LogP contribution in [-0.2, 0) is 17.9 Å². The van der Waals surface area contributed by atoms with Crippen molar-refractivity contribution < 1.29 is 19.5 Å². The highest BCUT2D eigenvalue weighted by atomic mass is 16.3. The lowest BCUT2D eigenvalue weighted by molar-refractivity contribution is -0.114. The van der Waals surface area contributed by atoms with E-state index in [0.29, 0.717) is 41.9 Å². The summed E-state index contributed by atoms with van der Waals surface area (Å²) in [4.78, 5) is 39.1. The van der Waals surface area contributed by atoms with Gasteiger partial charge < -0.3 is 15.3 Å². The smallest absolute Gasteiger partial charge is 0.258 e. The Kier molecular flexibility index (Phi) is 6.29. The molecule has 3 rings (SSSR count). The van der Waals surface area contributed by atoms with Crippen molar-refractivity contribution in [2.75, 3.05) is 12.4 Å². The van der Waals surface area contributed by atoms with Gasteiger partial charge in [0.15, 0.2) is 11.6 Å². The topological polar surface area (TPSA) is 86.7 Å². The molecule has 0 aromatic heterocycles. The lowest BCUT2D eigenvalue weighted by Gasteiger charge is -2.19. The van der Waals surface area contributed by atoms with Gasteiger partial charge in [-0.2, -0.15) is 0 Å². The van der Waals surface area contributed by atoms with E-state index >= 15 is 0 Å². The van der Waals surface area contributed by atoms with Crippen molar-refractivity contribution in [2.45, 2.75) is 40.3 Å². The van der Waals surface area contributed by atoms with Crippen LogP contribution in [0.1, 0.15) is 64.6 Å². The molecule has 1 aliphatic rings. The van der Waals surface area contributed by atoms with Crippen molar-refractivity contribution in [1.82, 2.24) is 4.90 Å². The number of phenols is 1. The normalized spacial score (nSPS) is 12.6. The molecule has 2 N–H and O–H groups in total. The maximum atomic E-state index is 13.2. The Hall–Kier alpha value is -3.41. The molecule has 1 amide bonds. The van der Waals surface area contributed by atoms with Gasteiger partial charge in [-0.05, 0) is 36.1 Å². The highest BCUT2D eigenvalue weighted by molar-refractivity contribution is 6.22. The minimum atomic E-state index is -0.342. The van der Waals surface area contributed by atoms with Gasteiger partial charge in [0.25, 0.3) is 5.91 Å². The van der Waals surface area contributed by atoms with E-state index in [2.05, 4.69) is 11.9 Å². The number of carbonyl (C=O) groups is 3. The zero-order valence-electron chi connectivity index (χ0n) is 18.4. The summed E-state index contributed by atoms with van der Waals surface area (Å²) >= 11 is 0. The van der Waals surface area contributed by atoms with Crippen LogP contribution in [0.3, 0.4) is 0 Å². The summed E-state index contributed by atoms with van der Waals surface area (Å²) < 4.78 is 0. The molecule has 0 bridgehead atoms. The van der Waals surface area contributed by atoms with Crippen LogP contribution in [0.25, 0.3) is 5.57 Å². The number of ketones is 2. The minimum absolute atomic E-state index is 0.0258. The number of amides is 1. The van der Waals surface area contributed by atoms with Gasteiger partial charge in [0.05, 0.1) is 5.56 Å². The summed E-state index contributed by atoms with van der Waals surface area (Å²) in [5, 5.41) is 13.5. The average molecular weight is 421 g/mol. The fourth-order valence-electron chi connectivity index (χ4n) is 3.79. The van der Waals surface area contributed by atoms with E-state index in [0.717, 1.165) is 11.1 Å². The van der Waals surface area contributed by atoms with Crippen LogP contribution >= 0.6 is 0 Å². The standard InChI is InChI=1S/C25H28N2O4/c1-14(2)8-23(29)15(3)20-10-21(24(30)11-22(20)26-5)25(31)27-12-18-7-6-17(16(4)28)9-19(18)13-27/h6-7,9-11,14,26,30H,3,8,12-13H2,1-2,4-5H3. The van der Waals surface area contributed by atoms with Gasteiger partial charge in [0.2, 0.25) is 0 Å². The second kappa shape index (κ2) is 8.76. The highest BCUT2D eigenvalue weighted by Crippen LogP contribution is 2.34. The van der Waals surface area contributed by atoms with E-state index in [9.17, 15) is 19.5 Å². The number of anilines is 1. The maximum absolute atomic E-state index is 13.2. The number of rotatable bonds is 7. The lowest BCUT2D eigenvalue weighted by Crippen LogP contribution is -2.25. The minimum Gasteiger partial charge on any atom is -0.507 e. The number of allylic oxidation sites excluding steroid dienone is 1. The van der Waals surface area contributed by atoms with E-state index < -0.39 is 0 Å². The Balaban J connectivity index is 1.92. The number of phenolic OH excluding ortho intramolecular Hbond substituents is 1. The lowest BCUT2D eigenvalue weighted by atomic mass is 9.94. The first-order chi connectivity index (χ1) is 14.6. The fraction of sp³-hybridized carbons (Fsp3) is 0.320. The van der Waals surface area contributed by atoms with Crippen molar-refractivity contribution in [3.8, 4) is 5.75 Å². The monoisotopic (exact) mass is 420 g/mol.